The number of anilines is 1. The first-order chi connectivity index (χ1) is 9.44. The molecule has 7 heteroatoms. The van der Waals surface area contributed by atoms with Crippen molar-refractivity contribution in [3.63, 3.8) is 0 Å². The summed E-state index contributed by atoms with van der Waals surface area (Å²) in [7, 11) is 1.80. The maximum atomic E-state index is 12.0. The van der Waals surface area contributed by atoms with Crippen molar-refractivity contribution in [3.8, 4) is 5.75 Å². The molecule has 0 radical (unpaired) electrons. The molecule has 20 heavy (non-hydrogen) atoms. The van der Waals surface area contributed by atoms with E-state index >= 15 is 0 Å². The third-order valence-corrected chi connectivity index (χ3v) is 2.51. The summed E-state index contributed by atoms with van der Waals surface area (Å²) in [5.74, 6) is 0.217. The first kappa shape index (κ1) is 14.1. The van der Waals surface area contributed by atoms with Crippen molar-refractivity contribution in [3.05, 3.63) is 48.4 Å². The summed E-state index contributed by atoms with van der Waals surface area (Å²) in [5.41, 5.74) is 1.03. The zero-order valence-electron chi connectivity index (χ0n) is 10.6. The Morgan fingerprint density at radius 2 is 1.85 bits per heavy atom. The Bertz CT molecular complexity index is 543. The van der Waals surface area contributed by atoms with Gasteiger partial charge in [-0.3, -0.25) is 4.98 Å². The minimum Gasteiger partial charge on any atom is -0.404 e. The molecule has 0 aliphatic rings. The molecule has 0 bridgehead atoms. The lowest BCUT2D eigenvalue weighted by atomic mass is 10.2. The van der Waals surface area contributed by atoms with Crippen LogP contribution < -0.4 is 9.64 Å². The summed E-state index contributed by atoms with van der Waals surface area (Å²) < 4.78 is 39.8. The van der Waals surface area contributed by atoms with Crippen LogP contribution in [0.2, 0.25) is 0 Å². The van der Waals surface area contributed by atoms with E-state index < -0.39 is 6.36 Å². The highest BCUT2D eigenvalue weighted by molar-refractivity contribution is 5.40. The molecule has 0 atom stereocenters. The molecule has 0 spiro atoms. The van der Waals surface area contributed by atoms with Gasteiger partial charge in [-0.1, -0.05) is 0 Å². The second-order valence-corrected chi connectivity index (χ2v) is 4.11. The van der Waals surface area contributed by atoms with E-state index in [2.05, 4.69) is 14.7 Å². The Morgan fingerprint density at radius 3 is 2.40 bits per heavy atom. The molecule has 0 aromatic carbocycles. The second-order valence-electron chi connectivity index (χ2n) is 4.11. The number of rotatable bonds is 4. The van der Waals surface area contributed by atoms with Crippen LogP contribution in [0.3, 0.4) is 0 Å². The molecule has 0 aliphatic heterocycles. The average molecular weight is 283 g/mol. The SMILES string of the molecule is CN(Cc1ccncc1)c1ccc(OC(F)(F)F)cn1. The Morgan fingerprint density at radius 1 is 1.15 bits per heavy atom. The van der Waals surface area contributed by atoms with Crippen molar-refractivity contribution in [1.29, 1.82) is 0 Å². The van der Waals surface area contributed by atoms with Gasteiger partial charge in [0.1, 0.15) is 11.6 Å². The van der Waals surface area contributed by atoms with Gasteiger partial charge in [-0.25, -0.2) is 4.98 Å². The van der Waals surface area contributed by atoms with Crippen LogP contribution in [0.5, 0.6) is 5.75 Å². The minimum atomic E-state index is -4.70. The highest BCUT2D eigenvalue weighted by atomic mass is 19.4. The standard InChI is InChI=1S/C13H12F3N3O/c1-19(9-10-4-6-17-7-5-10)12-3-2-11(8-18-12)20-13(14,15)16/h2-8H,9H2,1H3. The fraction of sp³-hybridized carbons (Fsp3) is 0.231. The van der Waals surface area contributed by atoms with Gasteiger partial charge in [-0.2, -0.15) is 0 Å². The molecular formula is C13H12F3N3O. The summed E-state index contributed by atoms with van der Waals surface area (Å²) in [4.78, 5) is 9.67. The Balaban J connectivity index is 2.02. The van der Waals surface area contributed by atoms with Crippen molar-refractivity contribution < 1.29 is 17.9 Å². The van der Waals surface area contributed by atoms with Gasteiger partial charge in [0.05, 0.1) is 6.20 Å². The predicted molar refractivity (Wildman–Crippen MR) is 67.3 cm³/mol. The number of halogens is 3. The summed E-state index contributed by atoms with van der Waals surface area (Å²) in [6, 6.07) is 6.43. The van der Waals surface area contributed by atoms with Crippen LogP contribution in [0.25, 0.3) is 0 Å². The van der Waals surface area contributed by atoms with Crippen molar-refractivity contribution >= 4 is 5.82 Å². The number of hydrogen-bond acceptors (Lipinski definition) is 4. The van der Waals surface area contributed by atoms with Crippen molar-refractivity contribution in [2.45, 2.75) is 12.9 Å². The average Bonchev–Trinajstić information content (AvgIpc) is 2.39. The van der Waals surface area contributed by atoms with Crippen LogP contribution in [0.4, 0.5) is 19.0 Å². The zero-order valence-corrected chi connectivity index (χ0v) is 10.6. The Labute approximate surface area is 113 Å². The van der Waals surface area contributed by atoms with Gasteiger partial charge in [0.15, 0.2) is 0 Å². The van der Waals surface area contributed by atoms with Gasteiger partial charge in [0, 0.05) is 26.0 Å². The van der Waals surface area contributed by atoms with Gasteiger partial charge in [0.2, 0.25) is 0 Å². The molecule has 2 aromatic rings. The van der Waals surface area contributed by atoms with Gasteiger partial charge in [0.25, 0.3) is 0 Å². The van der Waals surface area contributed by atoms with Crippen molar-refractivity contribution in [1.82, 2.24) is 9.97 Å². The smallest absolute Gasteiger partial charge is 0.404 e. The van der Waals surface area contributed by atoms with E-state index in [0.717, 1.165) is 11.8 Å². The summed E-state index contributed by atoms with van der Waals surface area (Å²) in [5, 5.41) is 0. The van der Waals surface area contributed by atoms with Gasteiger partial charge >= 0.3 is 6.36 Å². The van der Waals surface area contributed by atoms with Crippen molar-refractivity contribution in [2.75, 3.05) is 11.9 Å². The molecule has 2 aromatic heterocycles. The third-order valence-electron chi connectivity index (χ3n) is 2.51. The number of hydrogen-bond donors (Lipinski definition) is 0. The number of nitrogens with zero attached hydrogens (tertiary/aromatic N) is 3. The molecular weight excluding hydrogens is 271 g/mol. The molecule has 0 unspecified atom stereocenters. The van der Waals surface area contributed by atoms with E-state index in [4.69, 9.17) is 0 Å². The lowest BCUT2D eigenvalue weighted by Crippen LogP contribution is -2.19. The van der Waals surface area contributed by atoms with Crippen LogP contribution in [0.15, 0.2) is 42.9 Å². The number of aromatic nitrogens is 2. The molecule has 2 heterocycles. The molecule has 0 N–H and O–H groups in total. The topological polar surface area (TPSA) is 38.2 Å². The Hall–Kier alpha value is -2.31. The fourth-order valence-corrected chi connectivity index (χ4v) is 1.64. The van der Waals surface area contributed by atoms with Gasteiger partial charge in [-0.05, 0) is 29.8 Å². The van der Waals surface area contributed by atoms with Gasteiger partial charge < -0.3 is 9.64 Å². The number of pyridine rings is 2. The molecule has 106 valence electrons. The fourth-order valence-electron chi connectivity index (χ4n) is 1.64. The van der Waals surface area contributed by atoms with E-state index in [1.807, 2.05) is 17.0 Å². The Kier molecular flexibility index (Phi) is 4.07. The zero-order chi connectivity index (χ0) is 14.6. The maximum absolute atomic E-state index is 12.0. The molecule has 4 nitrogen and oxygen atoms in total. The maximum Gasteiger partial charge on any atom is 0.573 e. The van der Waals surface area contributed by atoms with Crippen LogP contribution in [0.1, 0.15) is 5.56 Å². The quantitative estimate of drug-likeness (QED) is 0.864. The molecule has 0 saturated carbocycles. The van der Waals surface area contributed by atoms with Crippen LogP contribution in [0, 0.1) is 0 Å². The number of ether oxygens (including phenoxy) is 1. The highest BCUT2D eigenvalue weighted by Gasteiger charge is 2.31. The van der Waals surface area contributed by atoms with E-state index in [9.17, 15) is 13.2 Å². The summed E-state index contributed by atoms with van der Waals surface area (Å²) in [6.07, 6.45) is -0.300. The third kappa shape index (κ3) is 4.11. The van der Waals surface area contributed by atoms with Crippen molar-refractivity contribution in [2.24, 2.45) is 0 Å². The molecule has 0 aliphatic carbocycles. The minimum absolute atomic E-state index is 0.335. The van der Waals surface area contributed by atoms with Crippen LogP contribution >= 0.6 is 0 Å². The summed E-state index contributed by atoms with van der Waals surface area (Å²) >= 11 is 0. The first-order valence-electron chi connectivity index (χ1n) is 5.76. The van der Waals surface area contributed by atoms with E-state index in [0.29, 0.717) is 12.4 Å². The predicted octanol–water partition coefficient (Wildman–Crippen LogP) is 3.01. The summed E-state index contributed by atoms with van der Waals surface area (Å²) in [6.45, 7) is 0.578. The molecule has 0 fully saturated rings. The highest BCUT2D eigenvalue weighted by Crippen LogP contribution is 2.23. The normalized spacial score (nSPS) is 11.2. The van der Waals surface area contributed by atoms with Crippen LogP contribution in [-0.2, 0) is 6.54 Å². The second kappa shape index (κ2) is 5.77. The van der Waals surface area contributed by atoms with E-state index in [-0.39, 0.29) is 5.75 Å². The van der Waals surface area contributed by atoms with E-state index in [1.54, 1.807) is 19.4 Å². The lowest BCUT2D eigenvalue weighted by Gasteiger charge is -2.18. The molecule has 0 saturated heterocycles. The van der Waals surface area contributed by atoms with E-state index in [1.165, 1.54) is 12.1 Å². The van der Waals surface area contributed by atoms with Crippen LogP contribution in [-0.4, -0.2) is 23.4 Å². The molecule has 2 rings (SSSR count). The van der Waals surface area contributed by atoms with Gasteiger partial charge in [-0.15, -0.1) is 13.2 Å². The largest absolute Gasteiger partial charge is 0.573 e. The monoisotopic (exact) mass is 283 g/mol. The molecule has 0 amide bonds. The number of alkyl halides is 3. The lowest BCUT2D eigenvalue weighted by molar-refractivity contribution is -0.274. The first-order valence-corrected chi connectivity index (χ1v) is 5.76.